The molecule has 0 radical (unpaired) electrons. The van der Waals surface area contributed by atoms with Gasteiger partial charge in [-0.05, 0) is 77.0 Å². The summed E-state index contributed by atoms with van der Waals surface area (Å²) in [6.07, 6.45) is 43.9. The van der Waals surface area contributed by atoms with E-state index in [1.165, 1.54) is 0 Å². The van der Waals surface area contributed by atoms with Crippen LogP contribution in [0, 0.1) is 0 Å². The topological polar surface area (TPSA) is 132 Å². The van der Waals surface area contributed by atoms with Crippen molar-refractivity contribution < 1.29 is 43.0 Å². The van der Waals surface area contributed by atoms with Crippen LogP contribution in [0.2, 0.25) is 0 Å². The van der Waals surface area contributed by atoms with Crippen LogP contribution >= 0.6 is 7.82 Å². The lowest BCUT2D eigenvalue weighted by molar-refractivity contribution is -0.154. The number of aliphatic hydroxyl groups excluding tert-OH is 2. The Morgan fingerprint density at radius 3 is 1.58 bits per heavy atom. The van der Waals surface area contributed by atoms with E-state index >= 15 is 0 Å². The second-order valence-electron chi connectivity index (χ2n) is 11.5. The first-order chi connectivity index (χ1) is 24.3. The highest BCUT2D eigenvalue weighted by Gasteiger charge is 2.26. The summed E-state index contributed by atoms with van der Waals surface area (Å²) in [5.41, 5.74) is 0. The van der Waals surface area contributed by atoms with Crippen LogP contribution in [0.4, 0.5) is 0 Å². The molecule has 3 N–H and O–H groups in total. The number of carbonyl (C=O) groups is 1. The number of phosphoric ester groups is 1. The monoisotopic (exact) mass is 720 g/mol. The van der Waals surface area contributed by atoms with Crippen molar-refractivity contribution in [2.24, 2.45) is 0 Å². The Morgan fingerprint density at radius 1 is 0.620 bits per heavy atom. The van der Waals surface area contributed by atoms with Crippen LogP contribution in [0.3, 0.4) is 0 Å². The highest BCUT2D eigenvalue weighted by atomic mass is 31.2. The van der Waals surface area contributed by atoms with E-state index in [1.807, 2.05) is 6.08 Å². The molecule has 0 aliphatic rings. The maximum atomic E-state index is 12.5. The summed E-state index contributed by atoms with van der Waals surface area (Å²) < 4.78 is 33.0. The van der Waals surface area contributed by atoms with Crippen LogP contribution in [0.5, 0.6) is 0 Å². The van der Waals surface area contributed by atoms with Gasteiger partial charge >= 0.3 is 13.8 Å². The number of allylic oxidation sites excluding steroid dienone is 15. The van der Waals surface area contributed by atoms with Crippen molar-refractivity contribution in [1.82, 2.24) is 0 Å². The molecule has 0 aliphatic carbocycles. The lowest BCUT2D eigenvalue weighted by Crippen LogP contribution is -2.29. The van der Waals surface area contributed by atoms with Crippen molar-refractivity contribution in [2.75, 3.05) is 33.0 Å². The van der Waals surface area contributed by atoms with Gasteiger partial charge in [-0.3, -0.25) is 13.8 Å². The zero-order valence-corrected chi connectivity index (χ0v) is 31.5. The van der Waals surface area contributed by atoms with E-state index in [0.29, 0.717) is 19.4 Å². The second-order valence-corrected chi connectivity index (χ2v) is 12.9. The number of phosphoric acid groups is 1. The maximum Gasteiger partial charge on any atom is 0.472 e. The van der Waals surface area contributed by atoms with E-state index in [4.69, 9.17) is 23.6 Å². The van der Waals surface area contributed by atoms with Gasteiger partial charge in [-0.25, -0.2) is 4.57 Å². The summed E-state index contributed by atoms with van der Waals surface area (Å²) in [7, 11) is -4.54. The SMILES string of the molecule is CC/C=C\C/C=C\C/C=C\C/C=C\C/C=C\CCOCC(COP(=O)(O)OCC(O)CO)OC(=O)CCCCC/C=C\C/C=C\C/C=C\CC. The normalized spacial score (nSPS) is 15.4. The van der Waals surface area contributed by atoms with Crippen LogP contribution in [-0.4, -0.2) is 66.3 Å². The summed E-state index contributed by atoms with van der Waals surface area (Å²) in [5.74, 6) is -0.442. The molecule has 0 fully saturated rings. The van der Waals surface area contributed by atoms with Gasteiger partial charge in [0, 0.05) is 6.42 Å². The molecule has 0 amide bonds. The summed E-state index contributed by atoms with van der Waals surface area (Å²) in [6.45, 7) is 2.96. The molecule has 0 saturated heterocycles. The predicted molar refractivity (Wildman–Crippen MR) is 205 cm³/mol. The number of hydrogen-bond donors (Lipinski definition) is 3. The van der Waals surface area contributed by atoms with Crippen LogP contribution in [0.15, 0.2) is 97.2 Å². The maximum absolute atomic E-state index is 12.5. The fourth-order valence-corrected chi connectivity index (χ4v) is 4.87. The van der Waals surface area contributed by atoms with Crippen molar-refractivity contribution in [1.29, 1.82) is 0 Å². The van der Waals surface area contributed by atoms with Crippen molar-refractivity contribution in [2.45, 2.75) is 116 Å². The molecule has 0 aromatic carbocycles. The zero-order valence-electron chi connectivity index (χ0n) is 30.6. The van der Waals surface area contributed by atoms with E-state index in [1.54, 1.807) is 0 Å². The first-order valence-corrected chi connectivity index (χ1v) is 19.7. The van der Waals surface area contributed by atoms with Crippen LogP contribution in [0.1, 0.15) is 104 Å². The van der Waals surface area contributed by atoms with Gasteiger partial charge < -0.3 is 24.6 Å². The van der Waals surface area contributed by atoms with Crippen LogP contribution in [-0.2, 0) is 27.9 Å². The van der Waals surface area contributed by atoms with Gasteiger partial charge in [-0.1, -0.05) is 117 Å². The highest BCUT2D eigenvalue weighted by Crippen LogP contribution is 2.43. The van der Waals surface area contributed by atoms with Gasteiger partial charge in [-0.15, -0.1) is 0 Å². The van der Waals surface area contributed by atoms with Crippen molar-refractivity contribution in [3.63, 3.8) is 0 Å². The molecule has 50 heavy (non-hydrogen) atoms. The number of unbranched alkanes of at least 4 members (excludes halogenated alkanes) is 3. The number of ether oxygens (including phenoxy) is 2. The van der Waals surface area contributed by atoms with Gasteiger partial charge in [0.1, 0.15) is 12.2 Å². The third kappa shape index (κ3) is 35.2. The minimum absolute atomic E-state index is 0.0240. The Hall–Kier alpha value is -2.62. The average molecular weight is 721 g/mol. The Balaban J connectivity index is 4.47. The van der Waals surface area contributed by atoms with Gasteiger partial charge in [0.2, 0.25) is 0 Å². The van der Waals surface area contributed by atoms with Gasteiger partial charge in [0.25, 0.3) is 0 Å². The Kier molecular flexibility index (Phi) is 34.3. The minimum atomic E-state index is -4.54. The molecule has 0 saturated carbocycles. The summed E-state index contributed by atoms with van der Waals surface area (Å²) in [4.78, 5) is 22.4. The second kappa shape index (κ2) is 36.2. The number of esters is 1. The summed E-state index contributed by atoms with van der Waals surface area (Å²) >= 11 is 0. The van der Waals surface area contributed by atoms with Gasteiger partial charge in [-0.2, -0.15) is 0 Å². The number of carbonyl (C=O) groups excluding carboxylic acids is 1. The molecular weight excluding hydrogens is 655 g/mol. The van der Waals surface area contributed by atoms with Crippen LogP contribution < -0.4 is 0 Å². The third-order valence-electron chi connectivity index (χ3n) is 6.78. The summed E-state index contributed by atoms with van der Waals surface area (Å²) in [6, 6.07) is 0. The molecule has 3 unspecified atom stereocenters. The first kappa shape index (κ1) is 47.4. The molecule has 284 valence electrons. The van der Waals surface area contributed by atoms with E-state index in [0.717, 1.165) is 70.6 Å². The molecule has 0 aromatic rings. The number of aliphatic hydroxyl groups is 2. The zero-order chi connectivity index (χ0) is 36.8. The lowest BCUT2D eigenvalue weighted by atomic mass is 10.1. The molecule has 0 aliphatic heterocycles. The predicted octanol–water partition coefficient (Wildman–Crippen LogP) is 9.35. The Labute approximate surface area is 302 Å². The molecule has 0 aromatic heterocycles. The minimum Gasteiger partial charge on any atom is -0.457 e. The standard InChI is InChI=1S/C40H65O9P/c1-3-5-7-9-11-13-15-17-18-19-21-23-25-27-29-31-33-46-36-39(37-48-50(44,45)47-35-38(42)34-41)49-40(43)32-30-28-26-24-22-20-16-14-12-10-8-6-4-2/h5-8,11-14,17-18,20-23,27,29,38-39,41-42H,3-4,9-10,15-16,19,24-26,28,30-37H2,1-2H3,(H,44,45)/b7-5-,8-6-,13-11-,14-12-,18-17-,22-20-,23-21-,29-27-. The van der Waals surface area contributed by atoms with Crippen molar-refractivity contribution in [3.05, 3.63) is 97.2 Å². The molecule has 0 spiro atoms. The van der Waals surface area contributed by atoms with Gasteiger partial charge in [0.15, 0.2) is 0 Å². The molecule has 10 heteroatoms. The fourth-order valence-electron chi connectivity index (χ4n) is 4.08. The highest BCUT2D eigenvalue weighted by molar-refractivity contribution is 7.47. The molecule has 0 bridgehead atoms. The first-order valence-electron chi connectivity index (χ1n) is 18.2. The quantitative estimate of drug-likeness (QED) is 0.0263. The molecule has 0 heterocycles. The number of hydrogen-bond acceptors (Lipinski definition) is 8. The fraction of sp³-hybridized carbons (Fsp3) is 0.575. The third-order valence-corrected chi connectivity index (χ3v) is 7.74. The van der Waals surface area contributed by atoms with Crippen LogP contribution in [0.25, 0.3) is 0 Å². The Bertz CT molecular complexity index is 1090. The van der Waals surface area contributed by atoms with E-state index in [2.05, 4.69) is 105 Å². The molecule has 9 nitrogen and oxygen atoms in total. The molecular formula is C40H65O9P. The van der Waals surface area contributed by atoms with E-state index in [9.17, 15) is 19.4 Å². The van der Waals surface area contributed by atoms with E-state index in [-0.39, 0.29) is 13.0 Å². The average Bonchev–Trinajstić information content (AvgIpc) is 3.10. The number of rotatable bonds is 33. The largest absolute Gasteiger partial charge is 0.472 e. The van der Waals surface area contributed by atoms with Crippen molar-refractivity contribution in [3.8, 4) is 0 Å². The molecule has 3 atom stereocenters. The van der Waals surface area contributed by atoms with E-state index < -0.39 is 45.8 Å². The molecule has 0 rings (SSSR count). The smallest absolute Gasteiger partial charge is 0.457 e. The Morgan fingerprint density at radius 2 is 1.08 bits per heavy atom. The van der Waals surface area contributed by atoms with Gasteiger partial charge in [0.05, 0.1) is 33.0 Å². The van der Waals surface area contributed by atoms with Crippen molar-refractivity contribution >= 4 is 13.8 Å². The summed E-state index contributed by atoms with van der Waals surface area (Å²) in [5, 5.41) is 18.3. The lowest BCUT2D eigenvalue weighted by Gasteiger charge is -2.20.